The van der Waals surface area contributed by atoms with E-state index < -0.39 is 0 Å². The predicted molar refractivity (Wildman–Crippen MR) is 106 cm³/mol. The van der Waals surface area contributed by atoms with Crippen LogP contribution in [0.5, 0.6) is 0 Å². The number of rotatable bonds is 7. The molecule has 1 amide bonds. The first kappa shape index (κ1) is 17.7. The van der Waals surface area contributed by atoms with Gasteiger partial charge >= 0.3 is 0 Å². The molecular formula is C22H23N3O. The van der Waals surface area contributed by atoms with Crippen molar-refractivity contribution in [3.05, 3.63) is 89.6 Å². The first-order chi connectivity index (χ1) is 12.7. The molecule has 0 aliphatic heterocycles. The number of hydrogen-bond acceptors (Lipinski definition) is 3. The molecule has 1 heterocycles. The molecule has 3 rings (SSSR count). The summed E-state index contributed by atoms with van der Waals surface area (Å²) in [5, 5.41) is 6.24. The lowest BCUT2D eigenvalue weighted by atomic mass is 10.1. The molecule has 0 fully saturated rings. The smallest absolute Gasteiger partial charge is 0.251 e. The molecule has 0 radical (unpaired) electrons. The summed E-state index contributed by atoms with van der Waals surface area (Å²) in [5.41, 5.74) is 4.01. The Morgan fingerprint density at radius 1 is 1.00 bits per heavy atom. The summed E-state index contributed by atoms with van der Waals surface area (Å²) < 4.78 is 0. The number of pyridine rings is 1. The van der Waals surface area contributed by atoms with E-state index in [1.165, 1.54) is 5.56 Å². The number of nitrogens with zero attached hydrogens (tertiary/aromatic N) is 1. The third-order valence-corrected chi connectivity index (χ3v) is 4.20. The van der Waals surface area contributed by atoms with Gasteiger partial charge in [0.2, 0.25) is 0 Å². The third-order valence-electron chi connectivity index (χ3n) is 4.20. The highest BCUT2D eigenvalue weighted by molar-refractivity contribution is 5.94. The van der Waals surface area contributed by atoms with Crippen molar-refractivity contribution < 1.29 is 4.79 Å². The molecule has 0 saturated carbocycles. The highest BCUT2D eigenvalue weighted by Gasteiger charge is 2.07. The Kier molecular flexibility index (Phi) is 5.99. The summed E-state index contributed by atoms with van der Waals surface area (Å²) in [4.78, 5) is 16.7. The number of amides is 1. The molecule has 2 N–H and O–H groups in total. The fourth-order valence-corrected chi connectivity index (χ4v) is 2.73. The maximum Gasteiger partial charge on any atom is 0.251 e. The van der Waals surface area contributed by atoms with E-state index in [0.29, 0.717) is 17.9 Å². The number of carbonyl (C=O) groups is 1. The first-order valence-corrected chi connectivity index (χ1v) is 8.83. The molecule has 132 valence electrons. The molecule has 0 saturated heterocycles. The van der Waals surface area contributed by atoms with Crippen molar-refractivity contribution in [1.29, 1.82) is 0 Å². The number of anilines is 2. The number of aryl methyl sites for hydroxylation is 2. The molecule has 2 aromatic carbocycles. The summed E-state index contributed by atoms with van der Waals surface area (Å²) in [6.07, 6.45) is 3.52. The summed E-state index contributed by atoms with van der Waals surface area (Å²) in [6, 6.07) is 21.8. The van der Waals surface area contributed by atoms with Gasteiger partial charge in [0.25, 0.3) is 5.91 Å². The van der Waals surface area contributed by atoms with Gasteiger partial charge < -0.3 is 10.6 Å². The fraction of sp³-hybridized carbons (Fsp3) is 0.182. The van der Waals surface area contributed by atoms with Crippen LogP contribution in [0, 0.1) is 6.92 Å². The number of hydrogen-bond donors (Lipinski definition) is 2. The summed E-state index contributed by atoms with van der Waals surface area (Å²) in [6.45, 7) is 2.68. The van der Waals surface area contributed by atoms with E-state index in [4.69, 9.17) is 0 Å². The highest BCUT2D eigenvalue weighted by atomic mass is 16.1. The van der Waals surface area contributed by atoms with Crippen LogP contribution in [0.1, 0.15) is 27.9 Å². The van der Waals surface area contributed by atoms with Crippen molar-refractivity contribution in [3.8, 4) is 0 Å². The average Bonchev–Trinajstić information content (AvgIpc) is 2.68. The monoisotopic (exact) mass is 345 g/mol. The van der Waals surface area contributed by atoms with Gasteiger partial charge in [0.15, 0.2) is 0 Å². The molecule has 1 aromatic heterocycles. The SMILES string of the molecule is Cc1ccccc1Nc1cc(C(=O)NCCCc2ccccc2)ccn1. The van der Waals surface area contributed by atoms with Crippen molar-refractivity contribution in [2.45, 2.75) is 19.8 Å². The summed E-state index contributed by atoms with van der Waals surface area (Å²) >= 11 is 0. The Hall–Kier alpha value is -3.14. The molecule has 0 aliphatic carbocycles. The molecule has 0 aliphatic rings. The van der Waals surface area contributed by atoms with Crippen LogP contribution in [-0.2, 0) is 6.42 Å². The highest BCUT2D eigenvalue weighted by Crippen LogP contribution is 2.19. The van der Waals surface area contributed by atoms with E-state index in [1.807, 2.05) is 49.4 Å². The molecule has 0 bridgehead atoms. The van der Waals surface area contributed by atoms with E-state index >= 15 is 0 Å². The predicted octanol–water partition coefficient (Wildman–Crippen LogP) is 4.50. The second-order valence-electron chi connectivity index (χ2n) is 6.21. The van der Waals surface area contributed by atoms with Gasteiger partial charge in [-0.2, -0.15) is 0 Å². The van der Waals surface area contributed by atoms with Crippen molar-refractivity contribution in [1.82, 2.24) is 10.3 Å². The van der Waals surface area contributed by atoms with Crippen LogP contribution in [0.3, 0.4) is 0 Å². The minimum absolute atomic E-state index is 0.0757. The normalized spacial score (nSPS) is 10.3. The molecule has 4 nitrogen and oxygen atoms in total. The number of aromatic nitrogens is 1. The van der Waals surface area contributed by atoms with E-state index in [0.717, 1.165) is 24.1 Å². The van der Waals surface area contributed by atoms with E-state index in [2.05, 4.69) is 27.8 Å². The fourth-order valence-electron chi connectivity index (χ4n) is 2.73. The Morgan fingerprint density at radius 2 is 1.77 bits per heavy atom. The first-order valence-electron chi connectivity index (χ1n) is 8.83. The number of benzene rings is 2. The van der Waals surface area contributed by atoms with Gasteiger partial charge in [-0.25, -0.2) is 4.98 Å². The van der Waals surface area contributed by atoms with Gasteiger partial charge in [0.05, 0.1) is 0 Å². The number of carbonyl (C=O) groups excluding carboxylic acids is 1. The van der Waals surface area contributed by atoms with Crippen LogP contribution >= 0.6 is 0 Å². The van der Waals surface area contributed by atoms with Crippen LogP contribution in [0.25, 0.3) is 0 Å². The van der Waals surface area contributed by atoms with E-state index in [9.17, 15) is 4.79 Å². The molecule has 0 atom stereocenters. The zero-order valence-corrected chi connectivity index (χ0v) is 14.9. The van der Waals surface area contributed by atoms with Gasteiger partial charge in [0.1, 0.15) is 5.82 Å². The third kappa shape index (κ3) is 4.93. The standard InChI is InChI=1S/C22H23N3O/c1-17-8-5-6-12-20(17)25-21-16-19(13-15-23-21)22(26)24-14-7-11-18-9-3-2-4-10-18/h2-6,8-10,12-13,15-16H,7,11,14H2,1H3,(H,23,25)(H,24,26). The summed E-state index contributed by atoms with van der Waals surface area (Å²) in [7, 11) is 0. The minimum Gasteiger partial charge on any atom is -0.352 e. The Balaban J connectivity index is 1.54. The maximum atomic E-state index is 12.4. The average molecular weight is 345 g/mol. The lowest BCUT2D eigenvalue weighted by molar-refractivity contribution is 0.0953. The number of para-hydroxylation sites is 1. The molecule has 0 spiro atoms. The largest absolute Gasteiger partial charge is 0.352 e. The molecule has 26 heavy (non-hydrogen) atoms. The van der Waals surface area contributed by atoms with Crippen LogP contribution < -0.4 is 10.6 Å². The molecule has 0 unspecified atom stereocenters. The zero-order valence-electron chi connectivity index (χ0n) is 14.9. The van der Waals surface area contributed by atoms with Crippen LogP contribution in [0.2, 0.25) is 0 Å². The van der Waals surface area contributed by atoms with Gasteiger partial charge in [-0.15, -0.1) is 0 Å². The maximum absolute atomic E-state index is 12.4. The van der Waals surface area contributed by atoms with Gasteiger partial charge in [-0.1, -0.05) is 48.5 Å². The van der Waals surface area contributed by atoms with Crippen molar-refractivity contribution >= 4 is 17.4 Å². The lowest BCUT2D eigenvalue weighted by Crippen LogP contribution is -2.24. The Bertz CT molecular complexity index is 862. The second-order valence-corrected chi connectivity index (χ2v) is 6.21. The van der Waals surface area contributed by atoms with Crippen molar-refractivity contribution in [2.75, 3.05) is 11.9 Å². The van der Waals surface area contributed by atoms with E-state index in [1.54, 1.807) is 18.3 Å². The quantitative estimate of drug-likeness (QED) is 0.620. The number of nitrogens with one attached hydrogen (secondary N) is 2. The van der Waals surface area contributed by atoms with Crippen LogP contribution in [0.15, 0.2) is 72.9 Å². The van der Waals surface area contributed by atoms with Gasteiger partial charge in [-0.05, 0) is 49.1 Å². The van der Waals surface area contributed by atoms with Gasteiger partial charge in [0, 0.05) is 24.0 Å². The topological polar surface area (TPSA) is 54.0 Å². The molecule has 3 aromatic rings. The molecular weight excluding hydrogens is 322 g/mol. The lowest BCUT2D eigenvalue weighted by Gasteiger charge is -2.10. The zero-order chi connectivity index (χ0) is 18.2. The van der Waals surface area contributed by atoms with Crippen LogP contribution in [0.4, 0.5) is 11.5 Å². The summed E-state index contributed by atoms with van der Waals surface area (Å²) in [5.74, 6) is 0.588. The van der Waals surface area contributed by atoms with Crippen molar-refractivity contribution in [3.63, 3.8) is 0 Å². The van der Waals surface area contributed by atoms with E-state index in [-0.39, 0.29) is 5.91 Å². The Labute approximate surface area is 154 Å². The second kappa shape index (κ2) is 8.81. The van der Waals surface area contributed by atoms with Crippen molar-refractivity contribution in [2.24, 2.45) is 0 Å². The minimum atomic E-state index is -0.0757. The van der Waals surface area contributed by atoms with Gasteiger partial charge in [-0.3, -0.25) is 4.79 Å². The van der Waals surface area contributed by atoms with Crippen LogP contribution in [-0.4, -0.2) is 17.4 Å². The Morgan fingerprint density at radius 3 is 2.58 bits per heavy atom. The molecule has 4 heteroatoms.